The van der Waals surface area contributed by atoms with E-state index in [2.05, 4.69) is 22.5 Å². The number of urea groups is 1. The molecule has 164 valence electrons. The van der Waals surface area contributed by atoms with Gasteiger partial charge in [-0.05, 0) is 49.3 Å². The van der Waals surface area contributed by atoms with Gasteiger partial charge in [-0.3, -0.25) is 9.59 Å². The fourth-order valence-electron chi connectivity index (χ4n) is 3.58. The first kappa shape index (κ1) is 22.6. The van der Waals surface area contributed by atoms with Crippen LogP contribution in [-0.2, 0) is 4.79 Å². The normalized spacial score (nSPS) is 15.1. The summed E-state index contributed by atoms with van der Waals surface area (Å²) in [6, 6.07) is 10.4. The maximum absolute atomic E-state index is 12.7. The number of nitrogens with one attached hydrogen (secondary N) is 3. The van der Waals surface area contributed by atoms with Crippen LogP contribution in [-0.4, -0.2) is 48.4 Å². The largest absolute Gasteiger partial charge is 0.351 e. The summed E-state index contributed by atoms with van der Waals surface area (Å²) in [7, 11) is 0. The van der Waals surface area contributed by atoms with E-state index in [1.807, 2.05) is 36.6 Å². The molecule has 1 unspecified atom stereocenters. The van der Waals surface area contributed by atoms with Crippen LogP contribution in [0.4, 0.5) is 10.5 Å². The second-order valence-corrected chi connectivity index (χ2v) is 8.53. The van der Waals surface area contributed by atoms with E-state index in [0.717, 1.165) is 11.3 Å². The number of carbonyl (C=O) groups excluding carboxylic acids is 3. The lowest BCUT2D eigenvalue weighted by Gasteiger charge is -2.35. The fourth-order valence-corrected chi connectivity index (χ4v) is 4.20. The molecule has 1 aromatic carbocycles. The summed E-state index contributed by atoms with van der Waals surface area (Å²) >= 11 is 1.33. The Morgan fingerprint density at radius 1 is 1.19 bits per heavy atom. The Bertz CT molecular complexity index is 903. The molecule has 1 fully saturated rings. The van der Waals surface area contributed by atoms with E-state index in [9.17, 15) is 14.4 Å². The first-order valence-electron chi connectivity index (χ1n) is 10.3. The van der Waals surface area contributed by atoms with Gasteiger partial charge in [-0.15, -0.1) is 17.9 Å². The first-order chi connectivity index (χ1) is 15.0. The van der Waals surface area contributed by atoms with Crippen molar-refractivity contribution in [3.63, 3.8) is 0 Å². The van der Waals surface area contributed by atoms with E-state index in [1.54, 1.807) is 23.1 Å². The minimum Gasteiger partial charge on any atom is -0.351 e. The summed E-state index contributed by atoms with van der Waals surface area (Å²) < 4.78 is 0. The van der Waals surface area contributed by atoms with Gasteiger partial charge in [0.2, 0.25) is 5.91 Å². The van der Waals surface area contributed by atoms with Gasteiger partial charge in [-0.25, -0.2) is 4.79 Å². The van der Waals surface area contributed by atoms with Crippen molar-refractivity contribution < 1.29 is 14.4 Å². The number of hydrogen-bond donors (Lipinski definition) is 3. The molecular weight excluding hydrogens is 412 g/mol. The van der Waals surface area contributed by atoms with Crippen LogP contribution in [0.1, 0.15) is 28.1 Å². The fraction of sp³-hybridized carbons (Fsp3) is 0.348. The van der Waals surface area contributed by atoms with Crippen LogP contribution in [0.25, 0.3) is 0 Å². The number of likely N-dealkylation sites (tertiary alicyclic amines) is 1. The molecule has 7 nitrogen and oxygen atoms in total. The van der Waals surface area contributed by atoms with Crippen LogP contribution in [0.15, 0.2) is 54.4 Å². The maximum Gasteiger partial charge on any atom is 0.321 e. The minimum absolute atomic E-state index is 0.0582. The summed E-state index contributed by atoms with van der Waals surface area (Å²) in [6.45, 7) is 6.99. The Balaban J connectivity index is 1.60. The molecule has 1 aliphatic heterocycles. The average Bonchev–Trinajstić information content (AvgIpc) is 3.32. The van der Waals surface area contributed by atoms with E-state index < -0.39 is 6.04 Å². The van der Waals surface area contributed by atoms with Crippen LogP contribution >= 0.6 is 11.3 Å². The number of amides is 4. The maximum atomic E-state index is 12.7. The van der Waals surface area contributed by atoms with Crippen molar-refractivity contribution in [2.24, 2.45) is 5.92 Å². The Kier molecular flexibility index (Phi) is 7.83. The van der Waals surface area contributed by atoms with Crippen molar-refractivity contribution in [2.45, 2.75) is 25.8 Å². The van der Waals surface area contributed by atoms with Crippen molar-refractivity contribution in [2.75, 3.05) is 25.0 Å². The van der Waals surface area contributed by atoms with Crippen LogP contribution in [0, 0.1) is 12.8 Å². The molecule has 0 radical (unpaired) electrons. The van der Waals surface area contributed by atoms with E-state index >= 15 is 0 Å². The van der Waals surface area contributed by atoms with Crippen molar-refractivity contribution in [3.05, 3.63) is 64.9 Å². The standard InChI is InChI=1S/C23H28N4O3S/c1-3-12-24-22(29)20(26-21(28)19-5-4-15-31-19)17-10-13-27(14-11-17)23(30)25-18-8-6-16(2)7-9-18/h3-9,15,17,20H,1,10-14H2,2H3,(H,24,29)(H,25,30)(H,26,28). The molecule has 0 bridgehead atoms. The predicted molar refractivity (Wildman–Crippen MR) is 123 cm³/mol. The number of thiophene rings is 1. The van der Waals surface area contributed by atoms with Gasteiger partial charge in [0.25, 0.3) is 5.91 Å². The van der Waals surface area contributed by atoms with Gasteiger partial charge in [0.1, 0.15) is 6.04 Å². The van der Waals surface area contributed by atoms with Gasteiger partial charge in [-0.2, -0.15) is 0 Å². The Morgan fingerprint density at radius 2 is 1.90 bits per heavy atom. The van der Waals surface area contributed by atoms with Gasteiger partial charge >= 0.3 is 6.03 Å². The highest BCUT2D eigenvalue weighted by Gasteiger charge is 2.34. The van der Waals surface area contributed by atoms with Gasteiger partial charge in [0, 0.05) is 25.3 Å². The number of nitrogens with zero attached hydrogens (tertiary/aromatic N) is 1. The molecule has 0 saturated carbocycles. The molecule has 1 saturated heterocycles. The van der Waals surface area contributed by atoms with Crippen molar-refractivity contribution >= 4 is 34.9 Å². The number of carbonyl (C=O) groups is 3. The summed E-state index contributed by atoms with van der Waals surface area (Å²) in [5, 5.41) is 10.4. The second kappa shape index (κ2) is 10.8. The highest BCUT2D eigenvalue weighted by molar-refractivity contribution is 7.12. The lowest BCUT2D eigenvalue weighted by molar-refractivity contribution is -0.124. The highest BCUT2D eigenvalue weighted by Crippen LogP contribution is 2.23. The van der Waals surface area contributed by atoms with Crippen LogP contribution in [0.5, 0.6) is 0 Å². The molecule has 0 spiro atoms. The van der Waals surface area contributed by atoms with Gasteiger partial charge in [0.15, 0.2) is 0 Å². The molecule has 3 rings (SSSR count). The molecule has 2 heterocycles. The van der Waals surface area contributed by atoms with Gasteiger partial charge in [-0.1, -0.05) is 29.8 Å². The average molecular weight is 441 g/mol. The zero-order valence-corrected chi connectivity index (χ0v) is 18.4. The monoisotopic (exact) mass is 440 g/mol. The third-order valence-corrected chi connectivity index (χ3v) is 6.20. The Hall–Kier alpha value is -3.13. The third kappa shape index (κ3) is 6.18. The number of aryl methyl sites for hydroxylation is 1. The quantitative estimate of drug-likeness (QED) is 0.577. The summed E-state index contributed by atoms with van der Waals surface area (Å²) in [5.74, 6) is -0.544. The SMILES string of the molecule is C=CCNC(=O)C(NC(=O)c1cccs1)C1CCN(C(=O)Nc2ccc(C)cc2)CC1. The number of anilines is 1. The van der Waals surface area contributed by atoms with E-state index in [0.29, 0.717) is 37.4 Å². The molecule has 2 aromatic rings. The van der Waals surface area contributed by atoms with Crippen LogP contribution in [0.3, 0.4) is 0 Å². The highest BCUT2D eigenvalue weighted by atomic mass is 32.1. The third-order valence-electron chi connectivity index (χ3n) is 5.34. The van der Waals surface area contributed by atoms with E-state index in [-0.39, 0.29) is 23.8 Å². The number of hydrogen-bond acceptors (Lipinski definition) is 4. The molecule has 1 aliphatic rings. The molecule has 1 aromatic heterocycles. The van der Waals surface area contributed by atoms with Crippen molar-refractivity contribution in [1.82, 2.24) is 15.5 Å². The van der Waals surface area contributed by atoms with Crippen molar-refractivity contribution in [1.29, 1.82) is 0 Å². The Labute approximate surface area is 186 Å². The molecule has 4 amide bonds. The predicted octanol–water partition coefficient (Wildman–Crippen LogP) is 3.40. The number of piperidine rings is 1. The van der Waals surface area contributed by atoms with Crippen LogP contribution in [0.2, 0.25) is 0 Å². The topological polar surface area (TPSA) is 90.5 Å². The van der Waals surface area contributed by atoms with Gasteiger partial charge in [0.05, 0.1) is 4.88 Å². The number of rotatable bonds is 7. The second-order valence-electron chi connectivity index (χ2n) is 7.58. The van der Waals surface area contributed by atoms with Gasteiger partial charge < -0.3 is 20.9 Å². The molecular formula is C23H28N4O3S. The lowest BCUT2D eigenvalue weighted by Crippen LogP contribution is -2.54. The summed E-state index contributed by atoms with van der Waals surface area (Å²) in [4.78, 5) is 40.2. The number of benzene rings is 1. The lowest BCUT2D eigenvalue weighted by atomic mass is 9.88. The molecule has 0 aliphatic carbocycles. The molecule has 31 heavy (non-hydrogen) atoms. The molecule has 8 heteroatoms. The minimum atomic E-state index is -0.656. The first-order valence-corrected chi connectivity index (χ1v) is 11.2. The van der Waals surface area contributed by atoms with Crippen LogP contribution < -0.4 is 16.0 Å². The van der Waals surface area contributed by atoms with Crippen molar-refractivity contribution in [3.8, 4) is 0 Å². The summed E-state index contributed by atoms with van der Waals surface area (Å²) in [5.41, 5.74) is 1.88. The smallest absolute Gasteiger partial charge is 0.321 e. The molecule has 3 N–H and O–H groups in total. The zero-order chi connectivity index (χ0) is 22.2. The summed E-state index contributed by atoms with van der Waals surface area (Å²) in [6.07, 6.45) is 2.85. The Morgan fingerprint density at radius 3 is 2.52 bits per heavy atom. The van der Waals surface area contributed by atoms with E-state index in [1.165, 1.54) is 11.3 Å². The zero-order valence-electron chi connectivity index (χ0n) is 17.6. The van der Waals surface area contributed by atoms with E-state index in [4.69, 9.17) is 0 Å². The molecule has 1 atom stereocenters.